The summed E-state index contributed by atoms with van der Waals surface area (Å²) in [6.45, 7) is 10.4. The fraction of sp³-hybridized carbons (Fsp3) is 0.483. The largest absolute Gasteiger partial charge is 0.480 e. The van der Waals surface area contributed by atoms with Gasteiger partial charge in [0.2, 0.25) is 11.9 Å². The third-order valence-corrected chi connectivity index (χ3v) is 7.00. The first-order chi connectivity index (χ1) is 18.7. The first-order valence-corrected chi connectivity index (χ1v) is 13.4. The quantitative estimate of drug-likeness (QED) is 0.315. The first kappa shape index (κ1) is 29.8. The van der Waals surface area contributed by atoms with Crippen LogP contribution in [0, 0.1) is 0 Å². The van der Waals surface area contributed by atoms with E-state index in [1.807, 2.05) is 30.3 Å². The lowest BCUT2D eigenvalue weighted by molar-refractivity contribution is -0.142. The predicted molar refractivity (Wildman–Crippen MR) is 154 cm³/mol. The van der Waals surface area contributed by atoms with Gasteiger partial charge in [-0.15, -0.1) is 0 Å². The molecule has 1 aromatic heterocycles. The van der Waals surface area contributed by atoms with Gasteiger partial charge in [0.1, 0.15) is 6.10 Å². The lowest BCUT2D eigenvalue weighted by Crippen LogP contribution is -2.55. The Hall–Kier alpha value is -3.79. The van der Waals surface area contributed by atoms with Crippen LogP contribution in [-0.4, -0.2) is 89.5 Å². The molecule has 0 spiro atoms. The molecule has 1 unspecified atom stereocenters. The molecule has 0 saturated carbocycles. The number of piperidine rings is 1. The van der Waals surface area contributed by atoms with Gasteiger partial charge in [-0.2, -0.15) is 9.78 Å². The number of amides is 1. The summed E-state index contributed by atoms with van der Waals surface area (Å²) >= 11 is 0. The van der Waals surface area contributed by atoms with Crippen LogP contribution in [0.25, 0.3) is 0 Å². The fourth-order valence-electron chi connectivity index (χ4n) is 4.46. The zero-order valence-corrected chi connectivity index (χ0v) is 23.5. The van der Waals surface area contributed by atoms with Crippen LogP contribution in [-0.2, 0) is 20.7 Å². The molecule has 39 heavy (non-hydrogen) atoms. The van der Waals surface area contributed by atoms with E-state index in [2.05, 4.69) is 47.5 Å². The van der Waals surface area contributed by atoms with E-state index in [0.717, 1.165) is 43.5 Å². The van der Waals surface area contributed by atoms with Gasteiger partial charge in [0.05, 0.1) is 12.2 Å². The molecule has 2 saturated heterocycles. The number of aliphatic imine (C=N–C) groups is 2. The van der Waals surface area contributed by atoms with Crippen LogP contribution in [0.2, 0.25) is 0 Å². The van der Waals surface area contributed by atoms with Gasteiger partial charge in [0, 0.05) is 38.7 Å². The molecular formula is C29H41N7O3. The molecule has 2 aliphatic rings. The second-order valence-corrected chi connectivity index (χ2v) is 10.1. The maximum absolute atomic E-state index is 12.0. The molecule has 4 rings (SSSR count). The minimum atomic E-state index is -0.249. The number of carbonyl (C=O) groups is 2. The van der Waals surface area contributed by atoms with Crippen molar-refractivity contribution in [1.29, 1.82) is 0 Å². The second kappa shape index (κ2) is 14.4. The van der Waals surface area contributed by atoms with Crippen LogP contribution >= 0.6 is 0 Å². The van der Waals surface area contributed by atoms with E-state index < -0.39 is 0 Å². The molecule has 2 N–H and O–H groups in total. The number of ketones is 1. The van der Waals surface area contributed by atoms with E-state index in [1.165, 1.54) is 12.5 Å². The summed E-state index contributed by atoms with van der Waals surface area (Å²) in [5.41, 5.74) is 7.89. The van der Waals surface area contributed by atoms with E-state index in [9.17, 15) is 9.59 Å². The Morgan fingerprint density at radius 1 is 1.18 bits per heavy atom. The number of nitrogens with two attached hydrogens (primary N) is 1. The molecule has 2 aromatic rings. The van der Waals surface area contributed by atoms with Gasteiger partial charge in [-0.1, -0.05) is 50.8 Å². The summed E-state index contributed by atoms with van der Waals surface area (Å²) < 4.78 is 7.31. The number of hydrogen-bond donors (Lipinski definition) is 1. The van der Waals surface area contributed by atoms with Crippen LogP contribution < -0.4 is 5.73 Å². The Labute approximate surface area is 231 Å². The predicted octanol–water partition coefficient (Wildman–Crippen LogP) is 3.15. The summed E-state index contributed by atoms with van der Waals surface area (Å²) in [7, 11) is 3.76. The van der Waals surface area contributed by atoms with E-state index in [0.29, 0.717) is 30.7 Å². The zero-order chi connectivity index (χ0) is 28.4. The summed E-state index contributed by atoms with van der Waals surface area (Å²) in [4.78, 5) is 35.7. The number of rotatable bonds is 8. The summed E-state index contributed by atoms with van der Waals surface area (Å²) in [5.74, 6) is 1.26. The molecular weight excluding hydrogens is 494 g/mol. The van der Waals surface area contributed by atoms with Crippen LogP contribution in [0.4, 0.5) is 5.82 Å². The van der Waals surface area contributed by atoms with Crippen LogP contribution in [0.1, 0.15) is 50.2 Å². The molecule has 3 heterocycles. The number of ether oxygens (including phenoxy) is 1. The first-order valence-electron chi connectivity index (χ1n) is 13.4. The highest BCUT2D eigenvalue weighted by Gasteiger charge is 2.35. The van der Waals surface area contributed by atoms with Crippen molar-refractivity contribution in [1.82, 2.24) is 19.6 Å². The van der Waals surface area contributed by atoms with Crippen molar-refractivity contribution in [2.24, 2.45) is 15.7 Å². The fourth-order valence-corrected chi connectivity index (χ4v) is 4.46. The van der Waals surface area contributed by atoms with Crippen molar-refractivity contribution >= 4 is 29.9 Å². The van der Waals surface area contributed by atoms with Crippen molar-refractivity contribution in [2.75, 3.05) is 33.7 Å². The van der Waals surface area contributed by atoms with Gasteiger partial charge in [0.25, 0.3) is 0 Å². The van der Waals surface area contributed by atoms with E-state index in [4.69, 9.17) is 10.5 Å². The summed E-state index contributed by atoms with van der Waals surface area (Å²) in [6, 6.07) is 9.35. The standard InChI is InChI=1S/C15H26N6O.C14H15NO2/c1-11(2)13-9-19-21(15(16)17-3)14(13)18-10-22-12-5-7-20(4)8-6-12;1-2-14(17)15-9-8-12(15)13(16)10-11-6-4-3-5-7-11/h9-12H,5-8H2,1-4H3,(H2,16,17);2-7,12H,1,8-10H2. The lowest BCUT2D eigenvalue weighted by atomic mass is 9.94. The second-order valence-electron chi connectivity index (χ2n) is 10.1. The Balaban J connectivity index is 0.000000223. The smallest absolute Gasteiger partial charge is 0.246 e. The van der Waals surface area contributed by atoms with Crippen molar-refractivity contribution < 1.29 is 14.3 Å². The van der Waals surface area contributed by atoms with Gasteiger partial charge < -0.3 is 20.3 Å². The summed E-state index contributed by atoms with van der Waals surface area (Å²) in [5, 5.41) is 4.27. The number of aromatic nitrogens is 2. The lowest BCUT2D eigenvalue weighted by Gasteiger charge is -2.39. The van der Waals surface area contributed by atoms with Crippen LogP contribution in [0.5, 0.6) is 0 Å². The van der Waals surface area contributed by atoms with Crippen molar-refractivity contribution in [3.63, 3.8) is 0 Å². The van der Waals surface area contributed by atoms with Crippen LogP contribution in [0.15, 0.2) is 59.2 Å². The molecule has 210 valence electrons. The SMILES string of the molecule is C=CC(=O)N1CCC1C(=O)Cc1ccccc1.CN=C(N)n1ncc(C(C)C)c1N=COC1CCN(C)CC1. The van der Waals surface area contributed by atoms with E-state index in [-0.39, 0.29) is 23.8 Å². The normalized spacial score (nSPS) is 18.4. The third-order valence-electron chi connectivity index (χ3n) is 7.00. The number of benzene rings is 1. The minimum absolute atomic E-state index is 0.109. The molecule has 2 aliphatic heterocycles. The Kier molecular flexibility index (Phi) is 11.0. The minimum Gasteiger partial charge on any atom is -0.480 e. The molecule has 10 nitrogen and oxygen atoms in total. The Bertz CT molecular complexity index is 1160. The van der Waals surface area contributed by atoms with Crippen LogP contribution in [0.3, 0.4) is 0 Å². The molecule has 1 aromatic carbocycles. The van der Waals surface area contributed by atoms with Crippen molar-refractivity contribution in [2.45, 2.75) is 57.6 Å². The van der Waals surface area contributed by atoms with E-state index >= 15 is 0 Å². The molecule has 2 fully saturated rings. The van der Waals surface area contributed by atoms with Gasteiger partial charge in [0.15, 0.2) is 18.0 Å². The highest BCUT2D eigenvalue weighted by atomic mass is 16.5. The van der Waals surface area contributed by atoms with Gasteiger partial charge in [-0.3, -0.25) is 14.6 Å². The van der Waals surface area contributed by atoms with Gasteiger partial charge in [-0.25, -0.2) is 4.99 Å². The Morgan fingerprint density at radius 3 is 2.44 bits per heavy atom. The third kappa shape index (κ3) is 8.10. The van der Waals surface area contributed by atoms with Gasteiger partial charge >= 0.3 is 0 Å². The molecule has 1 atom stereocenters. The van der Waals surface area contributed by atoms with E-state index in [1.54, 1.807) is 22.8 Å². The maximum Gasteiger partial charge on any atom is 0.246 e. The topological polar surface area (TPSA) is 118 Å². The zero-order valence-electron chi connectivity index (χ0n) is 23.5. The number of hydrogen-bond acceptors (Lipinski definition) is 7. The maximum atomic E-state index is 12.0. The number of nitrogens with zero attached hydrogens (tertiary/aromatic N) is 6. The average molecular weight is 536 g/mol. The summed E-state index contributed by atoms with van der Waals surface area (Å²) in [6.07, 6.45) is 8.02. The number of carbonyl (C=O) groups excluding carboxylic acids is 2. The molecule has 0 radical (unpaired) electrons. The molecule has 1 amide bonds. The number of Topliss-reactive ketones (excluding diaryl/α,β-unsaturated/α-hetero) is 1. The highest BCUT2D eigenvalue weighted by Crippen LogP contribution is 2.26. The molecule has 0 aliphatic carbocycles. The Morgan fingerprint density at radius 2 is 1.87 bits per heavy atom. The van der Waals surface area contributed by atoms with Crippen molar-refractivity contribution in [3.8, 4) is 0 Å². The highest BCUT2D eigenvalue weighted by molar-refractivity contribution is 5.95. The van der Waals surface area contributed by atoms with Gasteiger partial charge in [-0.05, 0) is 43.9 Å². The molecule has 0 bridgehead atoms. The average Bonchev–Trinajstić information content (AvgIpc) is 3.34. The van der Waals surface area contributed by atoms with Crippen molar-refractivity contribution in [3.05, 3.63) is 60.3 Å². The monoisotopic (exact) mass is 535 g/mol. The molecule has 10 heteroatoms. The number of likely N-dealkylation sites (tertiary alicyclic amines) is 2.